The van der Waals surface area contributed by atoms with Crippen LogP contribution in [0.3, 0.4) is 0 Å². The predicted octanol–water partition coefficient (Wildman–Crippen LogP) is 1.24. The molecule has 0 aliphatic heterocycles. The van der Waals surface area contributed by atoms with Crippen LogP contribution >= 0.6 is 0 Å². The van der Waals surface area contributed by atoms with E-state index in [-0.39, 0.29) is 5.92 Å². The Kier molecular flexibility index (Phi) is 1.47. The summed E-state index contributed by atoms with van der Waals surface area (Å²) in [6, 6.07) is 0. The summed E-state index contributed by atoms with van der Waals surface area (Å²) < 4.78 is 24.9. The van der Waals surface area contributed by atoms with E-state index in [0.717, 1.165) is 0 Å². The molecule has 1 saturated carbocycles. The number of hydrogen-bond acceptors (Lipinski definition) is 1. The summed E-state index contributed by atoms with van der Waals surface area (Å²) in [6.07, 6.45) is 0.643. The summed E-state index contributed by atoms with van der Waals surface area (Å²) in [6.45, 7) is 1.33. The minimum atomic E-state index is -2.60. The van der Waals surface area contributed by atoms with Crippen molar-refractivity contribution >= 4 is 0 Å². The largest absolute Gasteiger partial charge is 0.325 e. The van der Waals surface area contributed by atoms with Crippen LogP contribution in [0.2, 0.25) is 0 Å². The highest BCUT2D eigenvalue weighted by Crippen LogP contribution is 2.48. The highest BCUT2D eigenvalue weighted by atomic mass is 19.3. The molecule has 0 spiro atoms. The molecule has 0 saturated heterocycles. The summed E-state index contributed by atoms with van der Waals surface area (Å²) in [5.74, 6) is -2.84. The Morgan fingerprint density at radius 3 is 2.22 bits per heavy atom. The molecule has 0 aromatic carbocycles. The van der Waals surface area contributed by atoms with Crippen molar-refractivity contribution in [2.75, 3.05) is 6.54 Å². The van der Waals surface area contributed by atoms with Crippen molar-refractivity contribution in [3.63, 3.8) is 0 Å². The fraction of sp³-hybridized carbons (Fsp3) is 1.00. The first-order valence-corrected chi connectivity index (χ1v) is 3.16. The third-order valence-corrected chi connectivity index (χ3v) is 1.92. The van der Waals surface area contributed by atoms with E-state index >= 15 is 0 Å². The quantitative estimate of drug-likeness (QED) is 0.605. The van der Waals surface area contributed by atoms with Crippen molar-refractivity contribution in [2.45, 2.75) is 19.3 Å². The van der Waals surface area contributed by atoms with E-state index in [1.54, 1.807) is 0 Å². The maximum Gasteiger partial charge on any atom is 0.263 e. The van der Waals surface area contributed by atoms with Gasteiger partial charge in [0, 0.05) is 5.92 Å². The molecule has 1 nitrogen and oxygen atoms in total. The molecule has 0 radical (unpaired) electrons. The van der Waals surface area contributed by atoms with E-state index in [1.807, 2.05) is 6.92 Å². The lowest BCUT2D eigenvalue weighted by molar-refractivity contribution is -0.0169. The molecule has 2 unspecified atom stereocenters. The standard InChI is InChI=1S/C6H11F2N/c1-4-2-5(4)6(7,8)3-9/h4-5H,2-3,9H2,1H3. The summed E-state index contributed by atoms with van der Waals surface area (Å²) in [5.41, 5.74) is 4.86. The van der Waals surface area contributed by atoms with Gasteiger partial charge in [0.1, 0.15) is 0 Å². The van der Waals surface area contributed by atoms with Crippen molar-refractivity contribution in [1.29, 1.82) is 0 Å². The lowest BCUT2D eigenvalue weighted by atomic mass is 10.2. The molecule has 1 aliphatic rings. The van der Waals surface area contributed by atoms with Crippen molar-refractivity contribution < 1.29 is 8.78 Å². The van der Waals surface area contributed by atoms with Crippen LogP contribution < -0.4 is 5.73 Å². The van der Waals surface area contributed by atoms with E-state index in [9.17, 15) is 8.78 Å². The van der Waals surface area contributed by atoms with Crippen LogP contribution in [0.1, 0.15) is 13.3 Å². The average Bonchev–Trinajstić information content (AvgIpc) is 2.47. The van der Waals surface area contributed by atoms with Gasteiger partial charge in [0.05, 0.1) is 6.54 Å². The smallest absolute Gasteiger partial charge is 0.263 e. The van der Waals surface area contributed by atoms with Gasteiger partial charge in [-0.3, -0.25) is 0 Å². The zero-order valence-corrected chi connectivity index (χ0v) is 5.40. The summed E-state index contributed by atoms with van der Waals surface area (Å²) in [7, 11) is 0. The predicted molar refractivity (Wildman–Crippen MR) is 31.3 cm³/mol. The minimum Gasteiger partial charge on any atom is -0.325 e. The molecule has 3 heteroatoms. The molecule has 9 heavy (non-hydrogen) atoms. The van der Waals surface area contributed by atoms with Crippen molar-refractivity contribution in [3.05, 3.63) is 0 Å². The molecule has 0 bridgehead atoms. The van der Waals surface area contributed by atoms with Gasteiger partial charge in [-0.05, 0) is 12.3 Å². The minimum absolute atomic E-state index is 0.184. The third kappa shape index (κ3) is 1.21. The normalized spacial score (nSPS) is 34.7. The second-order valence-corrected chi connectivity index (χ2v) is 2.78. The van der Waals surface area contributed by atoms with E-state index in [4.69, 9.17) is 5.73 Å². The third-order valence-electron chi connectivity index (χ3n) is 1.92. The van der Waals surface area contributed by atoms with Crippen molar-refractivity contribution in [2.24, 2.45) is 17.6 Å². The maximum absolute atomic E-state index is 12.5. The maximum atomic E-state index is 12.5. The highest BCUT2D eigenvalue weighted by molar-refractivity contribution is 4.93. The average molecular weight is 135 g/mol. The van der Waals surface area contributed by atoms with Gasteiger partial charge in [-0.1, -0.05) is 6.92 Å². The monoisotopic (exact) mass is 135 g/mol. The molecule has 54 valence electrons. The van der Waals surface area contributed by atoms with Crippen LogP contribution in [0.5, 0.6) is 0 Å². The lowest BCUT2D eigenvalue weighted by Gasteiger charge is -2.11. The highest BCUT2D eigenvalue weighted by Gasteiger charge is 2.51. The van der Waals surface area contributed by atoms with Crippen LogP contribution in [0.4, 0.5) is 8.78 Å². The Morgan fingerprint density at radius 2 is 2.11 bits per heavy atom. The Labute approximate surface area is 53.2 Å². The van der Waals surface area contributed by atoms with Gasteiger partial charge >= 0.3 is 0 Å². The van der Waals surface area contributed by atoms with Crippen LogP contribution in [-0.4, -0.2) is 12.5 Å². The second kappa shape index (κ2) is 1.90. The van der Waals surface area contributed by atoms with E-state index in [2.05, 4.69) is 0 Å². The molecule has 2 N–H and O–H groups in total. The van der Waals surface area contributed by atoms with Crippen LogP contribution in [-0.2, 0) is 0 Å². The first-order chi connectivity index (χ1) is 4.08. The molecule has 0 heterocycles. The Balaban J connectivity index is 2.41. The van der Waals surface area contributed by atoms with Gasteiger partial charge in [-0.15, -0.1) is 0 Å². The fourth-order valence-electron chi connectivity index (χ4n) is 1.06. The Morgan fingerprint density at radius 1 is 1.67 bits per heavy atom. The van der Waals surface area contributed by atoms with E-state index < -0.39 is 18.4 Å². The molecule has 1 rings (SSSR count). The number of nitrogens with two attached hydrogens (primary N) is 1. The molecule has 0 aromatic heterocycles. The first-order valence-electron chi connectivity index (χ1n) is 3.16. The molecule has 0 aromatic rings. The van der Waals surface area contributed by atoms with Gasteiger partial charge in [-0.2, -0.15) is 0 Å². The molecule has 0 amide bonds. The Bertz CT molecular complexity index is 114. The van der Waals surface area contributed by atoms with Gasteiger partial charge in [0.2, 0.25) is 0 Å². The molecule has 1 aliphatic carbocycles. The SMILES string of the molecule is CC1CC1C(F)(F)CN. The number of hydrogen-bond donors (Lipinski definition) is 1. The van der Waals surface area contributed by atoms with Crippen LogP contribution in [0.15, 0.2) is 0 Å². The summed E-state index contributed by atoms with van der Waals surface area (Å²) in [5, 5.41) is 0. The van der Waals surface area contributed by atoms with Crippen LogP contribution in [0.25, 0.3) is 0 Å². The van der Waals surface area contributed by atoms with E-state index in [0.29, 0.717) is 6.42 Å². The summed E-state index contributed by atoms with van der Waals surface area (Å²) in [4.78, 5) is 0. The number of halogens is 2. The van der Waals surface area contributed by atoms with Gasteiger partial charge < -0.3 is 5.73 Å². The van der Waals surface area contributed by atoms with Gasteiger partial charge in [-0.25, -0.2) is 8.78 Å². The second-order valence-electron chi connectivity index (χ2n) is 2.78. The first kappa shape index (κ1) is 6.93. The summed E-state index contributed by atoms with van der Waals surface area (Å²) >= 11 is 0. The number of rotatable bonds is 2. The van der Waals surface area contributed by atoms with Gasteiger partial charge in [0.15, 0.2) is 0 Å². The zero-order chi connectivity index (χ0) is 7.07. The number of alkyl halides is 2. The Hall–Kier alpha value is -0.180. The fourth-order valence-corrected chi connectivity index (χ4v) is 1.06. The lowest BCUT2D eigenvalue weighted by Crippen LogP contribution is -2.30. The molecule has 1 fully saturated rings. The molecular formula is C6H11F2N. The topological polar surface area (TPSA) is 26.0 Å². The molecule has 2 atom stereocenters. The van der Waals surface area contributed by atoms with Crippen molar-refractivity contribution in [1.82, 2.24) is 0 Å². The van der Waals surface area contributed by atoms with Crippen LogP contribution in [0, 0.1) is 11.8 Å². The zero-order valence-electron chi connectivity index (χ0n) is 5.40. The van der Waals surface area contributed by atoms with Gasteiger partial charge in [0.25, 0.3) is 5.92 Å². The molecular weight excluding hydrogens is 124 g/mol. The van der Waals surface area contributed by atoms with E-state index in [1.165, 1.54) is 0 Å². The van der Waals surface area contributed by atoms with Crippen molar-refractivity contribution in [3.8, 4) is 0 Å².